The molecule has 0 rings (SSSR count). The minimum Gasteiger partial charge on any atom is -0.269 e. The van der Waals surface area contributed by atoms with Crippen LogP contribution in [0.3, 0.4) is 0 Å². The van der Waals surface area contributed by atoms with Crippen LogP contribution in [-0.4, -0.2) is 0 Å². The maximum Gasteiger partial charge on any atom is 0 e. The third kappa shape index (κ3) is 46.8. The molecular weight excluding hydrogens is 243 g/mol. The van der Waals surface area contributed by atoms with Gasteiger partial charge >= 0.3 is 0 Å². The fraction of sp³-hybridized carbons (Fsp3) is 0. The fourth-order valence-electron chi connectivity index (χ4n) is 0. The molecule has 0 radical (unpaired) electrons. The molecule has 5 heavy (non-hydrogen) atoms. The van der Waals surface area contributed by atoms with Gasteiger partial charge in [-0.1, -0.05) is 0 Å². The number of rotatable bonds is 0. The van der Waals surface area contributed by atoms with Crippen LogP contribution in [0.4, 0.5) is 18.8 Å². The predicted octanol–water partition coefficient (Wildman–Crippen LogP) is 0.610. The monoisotopic (exact) mass is 246 g/mol. The maximum absolute atomic E-state index is 0. The van der Waals surface area contributed by atoms with E-state index >= 15 is 0 Å². The van der Waals surface area contributed by atoms with Crippen molar-refractivity contribution in [1.29, 1.82) is 0 Å². The first kappa shape index (κ1) is 157. The summed E-state index contributed by atoms with van der Waals surface area (Å²) in [7, 11) is 0. The molecule has 0 bridgehead atoms. The Morgan fingerprint density at radius 1 is 0.400 bits per heavy atom. The van der Waals surface area contributed by atoms with Gasteiger partial charge in [-0.2, -0.15) is 0 Å². The van der Waals surface area contributed by atoms with Crippen molar-refractivity contribution in [3.05, 3.63) is 0 Å². The van der Waals surface area contributed by atoms with Crippen LogP contribution in [0.1, 0.15) is 0 Å². The summed E-state index contributed by atoms with van der Waals surface area (Å²) in [6.45, 7) is 0. The first-order chi connectivity index (χ1) is 0. The second kappa shape index (κ2) is 83.6. The van der Waals surface area contributed by atoms with E-state index in [9.17, 15) is 0 Å². The standard InChI is InChI=1S/Er.4FH/h;4*1H. The zero-order valence-electron chi connectivity index (χ0n) is 1.92. The Hall–Kier alpha value is 0.967. The van der Waals surface area contributed by atoms with Gasteiger partial charge in [0.25, 0.3) is 0 Å². The topological polar surface area (TPSA) is 0 Å². The average molecular weight is 247 g/mol. The predicted molar refractivity (Wildman–Crippen MR) is 10.0 cm³/mol. The normalized spacial score (nSPS) is 0. The molecular formula is H4ErF4. The van der Waals surface area contributed by atoms with Crippen LogP contribution in [0.25, 0.3) is 0 Å². The molecule has 0 unspecified atom stereocenters. The van der Waals surface area contributed by atoms with Crippen LogP contribution in [0.15, 0.2) is 0 Å². The Morgan fingerprint density at radius 3 is 0.400 bits per heavy atom. The molecule has 0 aromatic carbocycles. The quantitative estimate of drug-likeness (QED) is 0.550. The number of hydrogen-bond acceptors (Lipinski definition) is 0. The Kier molecular flexibility index (Phi) is 2630. The van der Waals surface area contributed by atoms with Crippen molar-refractivity contribution in [3.63, 3.8) is 0 Å². The summed E-state index contributed by atoms with van der Waals surface area (Å²) in [5, 5.41) is 0. The summed E-state index contributed by atoms with van der Waals surface area (Å²) in [5.74, 6) is 0. The minimum atomic E-state index is 0. The molecule has 0 nitrogen and oxygen atoms in total. The molecule has 0 aromatic heterocycles. The van der Waals surface area contributed by atoms with E-state index in [1.165, 1.54) is 0 Å². The van der Waals surface area contributed by atoms with E-state index in [2.05, 4.69) is 0 Å². The Bertz CT molecular complexity index is 3.61. The fourth-order valence-corrected chi connectivity index (χ4v) is 0. The molecule has 0 saturated heterocycles. The van der Waals surface area contributed by atoms with E-state index in [1.807, 2.05) is 0 Å². The molecule has 0 atom stereocenters. The first-order valence-corrected chi connectivity index (χ1v) is 0. The Labute approximate surface area is 56.0 Å². The Morgan fingerprint density at radius 2 is 0.400 bits per heavy atom. The molecule has 5 heteroatoms. The second-order valence-corrected chi connectivity index (χ2v) is 0. The summed E-state index contributed by atoms with van der Waals surface area (Å²) in [6, 6.07) is 0. The average Bonchev–Trinajstić information content (AvgIpc) is 0. The molecule has 0 heterocycles. The zero-order chi connectivity index (χ0) is 0. The minimum absolute atomic E-state index is 0. The van der Waals surface area contributed by atoms with Gasteiger partial charge in [-0.25, -0.2) is 0 Å². The van der Waals surface area contributed by atoms with Gasteiger partial charge in [-0.15, -0.1) is 0 Å². The molecule has 0 saturated carbocycles. The zero-order valence-corrected chi connectivity index (χ0v) is 3.77. The molecule has 0 spiro atoms. The molecule has 0 fully saturated rings. The molecule has 0 aliphatic heterocycles. The van der Waals surface area contributed by atoms with Gasteiger partial charge in [-0.3, -0.25) is 18.8 Å². The second-order valence-electron chi connectivity index (χ2n) is 0. The van der Waals surface area contributed by atoms with E-state index in [4.69, 9.17) is 0 Å². The van der Waals surface area contributed by atoms with Crippen molar-refractivity contribution in [2.45, 2.75) is 0 Å². The van der Waals surface area contributed by atoms with E-state index < -0.39 is 0 Å². The van der Waals surface area contributed by atoms with Crippen LogP contribution < -0.4 is 0 Å². The third-order valence-electron chi connectivity index (χ3n) is 0. The first-order valence-electron chi connectivity index (χ1n) is 0. The van der Waals surface area contributed by atoms with Gasteiger partial charge in [0.05, 0.1) is 0 Å². The van der Waals surface area contributed by atoms with Crippen molar-refractivity contribution in [3.8, 4) is 0 Å². The van der Waals surface area contributed by atoms with Crippen molar-refractivity contribution >= 4 is 0 Å². The van der Waals surface area contributed by atoms with Crippen LogP contribution in [0, 0.1) is 37.3 Å². The summed E-state index contributed by atoms with van der Waals surface area (Å²) in [6.07, 6.45) is 0. The molecule has 0 aromatic rings. The molecule has 0 N–H and O–H groups in total. The van der Waals surface area contributed by atoms with Gasteiger partial charge in [0, 0.05) is 37.3 Å². The van der Waals surface area contributed by atoms with Crippen LogP contribution >= 0.6 is 0 Å². The van der Waals surface area contributed by atoms with Crippen LogP contribution in [0.5, 0.6) is 0 Å². The van der Waals surface area contributed by atoms with E-state index in [-0.39, 0.29) is 56.1 Å². The number of halogens is 4. The molecule has 0 aliphatic rings. The van der Waals surface area contributed by atoms with Gasteiger partial charge in [0.15, 0.2) is 0 Å². The molecule has 44 valence electrons. The summed E-state index contributed by atoms with van der Waals surface area (Å²) >= 11 is 0. The van der Waals surface area contributed by atoms with Crippen molar-refractivity contribution < 1.29 is 56.1 Å². The maximum atomic E-state index is 0. The van der Waals surface area contributed by atoms with Crippen molar-refractivity contribution in [2.75, 3.05) is 0 Å². The molecule has 0 aliphatic carbocycles. The number of hydrogen-bond donors (Lipinski definition) is 0. The van der Waals surface area contributed by atoms with Crippen molar-refractivity contribution in [2.24, 2.45) is 0 Å². The third-order valence-corrected chi connectivity index (χ3v) is 0. The van der Waals surface area contributed by atoms with Crippen LogP contribution in [-0.2, 0) is 0 Å². The summed E-state index contributed by atoms with van der Waals surface area (Å²) in [5.41, 5.74) is 0. The Balaban J connectivity index is 0. The van der Waals surface area contributed by atoms with E-state index in [0.717, 1.165) is 0 Å². The largest absolute Gasteiger partial charge is 0.269 e. The van der Waals surface area contributed by atoms with E-state index in [0.29, 0.717) is 0 Å². The SMILES string of the molecule is F.F.F.F.[Er]. The van der Waals surface area contributed by atoms with Crippen molar-refractivity contribution in [1.82, 2.24) is 0 Å². The smallest absolute Gasteiger partial charge is 0 e. The van der Waals surface area contributed by atoms with Gasteiger partial charge < -0.3 is 0 Å². The summed E-state index contributed by atoms with van der Waals surface area (Å²) in [4.78, 5) is 0. The van der Waals surface area contributed by atoms with Crippen LogP contribution in [0.2, 0.25) is 0 Å². The van der Waals surface area contributed by atoms with Gasteiger partial charge in [0.1, 0.15) is 0 Å². The van der Waals surface area contributed by atoms with E-state index in [1.54, 1.807) is 0 Å². The summed E-state index contributed by atoms with van der Waals surface area (Å²) < 4.78 is 0. The van der Waals surface area contributed by atoms with Gasteiger partial charge in [-0.05, 0) is 0 Å². The molecule has 0 amide bonds. The van der Waals surface area contributed by atoms with Gasteiger partial charge in [0.2, 0.25) is 0 Å².